The van der Waals surface area contributed by atoms with Crippen LogP contribution < -0.4 is 11.1 Å². The number of amides is 1. The Labute approximate surface area is 224 Å². The number of aromatic nitrogens is 1. The molecule has 1 fully saturated rings. The van der Waals surface area contributed by atoms with E-state index in [9.17, 15) is 35.5 Å². The number of nitrogens with zero attached hydrogens (tertiary/aromatic N) is 3. The highest BCUT2D eigenvalue weighted by molar-refractivity contribution is 6.39. The summed E-state index contributed by atoms with van der Waals surface area (Å²) in [6, 6.07) is 3.47. The number of nitriles is 1. The molecular weight excluding hydrogens is 590 g/mol. The van der Waals surface area contributed by atoms with Crippen LogP contribution in [0.25, 0.3) is 5.57 Å². The third-order valence-corrected chi connectivity index (χ3v) is 6.32. The summed E-state index contributed by atoms with van der Waals surface area (Å²) < 4.78 is 92.9. The van der Waals surface area contributed by atoms with Gasteiger partial charge in [0.05, 0.1) is 21.7 Å². The number of hydrogen-bond acceptors (Lipinski definition) is 5. The summed E-state index contributed by atoms with van der Waals surface area (Å²) in [5, 5.41) is 9.85. The van der Waals surface area contributed by atoms with Crippen LogP contribution in [0.2, 0.25) is 15.2 Å². The number of carbonyl (C=O) groups is 1. The zero-order chi connectivity index (χ0) is 28.7. The van der Waals surface area contributed by atoms with Crippen molar-refractivity contribution in [3.8, 4) is 6.07 Å². The molecule has 1 aromatic heterocycles. The van der Waals surface area contributed by atoms with Crippen LogP contribution in [-0.2, 0) is 5.67 Å². The van der Waals surface area contributed by atoms with Crippen molar-refractivity contribution in [3.05, 3.63) is 62.5 Å². The minimum Gasteiger partial charge on any atom is -0.404 e. The fourth-order valence-corrected chi connectivity index (χ4v) is 3.94. The number of rotatable bonds is 6. The van der Waals surface area contributed by atoms with Crippen molar-refractivity contribution < 1.29 is 35.5 Å². The number of halogens is 10. The fraction of sp³-hybridized carbons (Fsp3) is 0.273. The molecule has 1 saturated carbocycles. The minimum atomic E-state index is -6.36. The maximum absolute atomic E-state index is 14.4. The van der Waals surface area contributed by atoms with Crippen molar-refractivity contribution in [3.63, 3.8) is 0 Å². The van der Waals surface area contributed by atoms with Crippen LogP contribution in [-0.4, -0.2) is 35.0 Å². The van der Waals surface area contributed by atoms with Crippen LogP contribution in [0.3, 0.4) is 0 Å². The lowest BCUT2D eigenvalue weighted by Gasteiger charge is -2.30. The van der Waals surface area contributed by atoms with Crippen molar-refractivity contribution in [1.29, 1.82) is 5.26 Å². The van der Waals surface area contributed by atoms with E-state index in [1.165, 1.54) is 12.3 Å². The van der Waals surface area contributed by atoms with Crippen molar-refractivity contribution in [1.82, 2.24) is 10.3 Å². The minimum absolute atomic E-state index is 0.0475. The predicted octanol–water partition coefficient (Wildman–Crippen LogP) is 6.82. The molecule has 2 aromatic rings. The smallest absolute Gasteiger partial charge is 0.404 e. The molecule has 1 aliphatic carbocycles. The number of aliphatic imine (C=N–C) groups is 1. The van der Waals surface area contributed by atoms with Crippen LogP contribution in [0.4, 0.5) is 36.4 Å². The molecule has 1 heterocycles. The van der Waals surface area contributed by atoms with Crippen molar-refractivity contribution in [2.45, 2.75) is 36.4 Å². The quantitative estimate of drug-likeness (QED) is 0.215. The first-order chi connectivity index (χ1) is 17.5. The van der Waals surface area contributed by atoms with Crippen molar-refractivity contribution in [2.24, 2.45) is 10.7 Å². The number of allylic oxidation sites excluding steroid dienone is 1. The summed E-state index contributed by atoms with van der Waals surface area (Å²) in [7, 11) is 0. The molecule has 1 amide bonds. The topological polar surface area (TPSA) is 104 Å². The van der Waals surface area contributed by atoms with E-state index in [1.54, 1.807) is 0 Å². The Balaban J connectivity index is 1.96. The molecule has 1 aromatic carbocycles. The highest BCUT2D eigenvalue weighted by atomic mass is 35.5. The van der Waals surface area contributed by atoms with Crippen LogP contribution in [0.5, 0.6) is 0 Å². The van der Waals surface area contributed by atoms with E-state index in [4.69, 9.17) is 45.8 Å². The SMILES string of the molecule is N#CC1(NC(=O)c2cc(C(C=Nc3c(Cl)cc(C(F)(C(F)(F)F)C(F)(F)F)cc3Cl)=CN)cnc2Cl)CC1. The third-order valence-electron chi connectivity index (χ3n) is 5.44. The second-order valence-electron chi connectivity index (χ2n) is 8.03. The monoisotopic (exact) mass is 601 g/mol. The molecule has 16 heteroatoms. The van der Waals surface area contributed by atoms with Gasteiger partial charge in [-0.25, -0.2) is 9.37 Å². The van der Waals surface area contributed by atoms with E-state index in [1.807, 2.05) is 6.07 Å². The molecule has 0 aliphatic heterocycles. The molecule has 3 rings (SSSR count). The van der Waals surface area contributed by atoms with Crippen molar-refractivity contribution in [2.75, 3.05) is 0 Å². The normalized spacial score (nSPS) is 15.9. The van der Waals surface area contributed by atoms with E-state index in [2.05, 4.69) is 15.3 Å². The summed E-state index contributed by atoms with van der Waals surface area (Å²) in [6.45, 7) is 0. The molecule has 3 N–H and O–H groups in total. The third kappa shape index (κ3) is 5.52. The van der Waals surface area contributed by atoms with Crippen molar-refractivity contribution >= 4 is 58.2 Å². The second kappa shape index (κ2) is 10.2. The molecule has 1 aliphatic rings. The number of nitrogens with two attached hydrogens (primary N) is 1. The lowest BCUT2D eigenvalue weighted by molar-refractivity contribution is -0.348. The second-order valence-corrected chi connectivity index (χ2v) is 9.21. The van der Waals surface area contributed by atoms with E-state index < -0.39 is 50.8 Å². The maximum atomic E-state index is 14.4. The van der Waals surface area contributed by atoms with E-state index >= 15 is 0 Å². The molecule has 0 radical (unpaired) electrons. The van der Waals surface area contributed by atoms with E-state index in [0.717, 1.165) is 12.4 Å². The fourth-order valence-electron chi connectivity index (χ4n) is 3.16. The van der Waals surface area contributed by atoms with Gasteiger partial charge in [0.1, 0.15) is 16.4 Å². The molecule has 0 atom stereocenters. The Hall–Kier alpha value is -3.08. The van der Waals surface area contributed by atoms with Crippen LogP contribution in [0.1, 0.15) is 34.3 Å². The molecule has 0 saturated heterocycles. The van der Waals surface area contributed by atoms with Gasteiger partial charge in [0, 0.05) is 35.3 Å². The lowest BCUT2D eigenvalue weighted by Crippen LogP contribution is -2.50. The number of nitrogens with one attached hydrogen (secondary N) is 1. The van der Waals surface area contributed by atoms with Gasteiger partial charge in [-0.15, -0.1) is 0 Å². The molecule has 0 bridgehead atoms. The standard InChI is InChI=1S/C22H13Cl3F7N5O/c23-14-4-12(20(26,21(27,28)29)22(30,31)32)5-15(24)16(14)35-8-11(6-33)10-3-13(17(25)36-7-10)18(38)37-19(9-34)1-2-19/h3-8H,1-2,33H2,(H,37,38). The van der Waals surface area contributed by atoms with Gasteiger partial charge in [-0.1, -0.05) is 34.8 Å². The van der Waals surface area contributed by atoms with Gasteiger partial charge in [0.25, 0.3) is 5.91 Å². The van der Waals surface area contributed by atoms with E-state index in [-0.39, 0.29) is 34.0 Å². The Morgan fingerprint density at radius 3 is 2.08 bits per heavy atom. The van der Waals surface area contributed by atoms with Gasteiger partial charge in [-0.2, -0.15) is 31.6 Å². The molecule has 0 spiro atoms. The Kier molecular flexibility index (Phi) is 7.94. The summed E-state index contributed by atoms with van der Waals surface area (Å²) in [4.78, 5) is 20.3. The Morgan fingerprint density at radius 1 is 1.08 bits per heavy atom. The summed E-state index contributed by atoms with van der Waals surface area (Å²) >= 11 is 17.6. The van der Waals surface area contributed by atoms with Gasteiger partial charge in [-0.3, -0.25) is 9.79 Å². The molecular formula is C22H13Cl3F7N5O. The van der Waals surface area contributed by atoms with Gasteiger partial charge < -0.3 is 11.1 Å². The lowest BCUT2D eigenvalue weighted by atomic mass is 9.94. The van der Waals surface area contributed by atoms with Gasteiger partial charge in [0.15, 0.2) is 0 Å². The van der Waals surface area contributed by atoms with E-state index in [0.29, 0.717) is 12.8 Å². The number of carbonyl (C=O) groups excluding carboxylic acids is 1. The number of benzene rings is 1. The largest absolute Gasteiger partial charge is 0.435 e. The van der Waals surface area contributed by atoms with Crippen LogP contribution in [0.15, 0.2) is 35.6 Å². The number of pyridine rings is 1. The first kappa shape index (κ1) is 29.5. The van der Waals surface area contributed by atoms with Crippen LogP contribution >= 0.6 is 34.8 Å². The number of hydrogen-bond donors (Lipinski definition) is 2. The van der Waals surface area contributed by atoms with Gasteiger partial charge in [0.2, 0.25) is 0 Å². The first-order valence-electron chi connectivity index (χ1n) is 10.2. The maximum Gasteiger partial charge on any atom is 0.435 e. The molecule has 38 heavy (non-hydrogen) atoms. The summed E-state index contributed by atoms with van der Waals surface area (Å²) in [5.41, 5.74) is -3.43. The Morgan fingerprint density at radius 2 is 1.63 bits per heavy atom. The highest BCUT2D eigenvalue weighted by Gasteiger charge is 2.73. The summed E-state index contributed by atoms with van der Waals surface area (Å²) in [6.07, 6.45) is -8.66. The summed E-state index contributed by atoms with van der Waals surface area (Å²) in [5.74, 6) is -0.692. The average Bonchev–Trinajstić information content (AvgIpc) is 3.59. The highest BCUT2D eigenvalue weighted by Crippen LogP contribution is 2.54. The average molecular weight is 603 g/mol. The van der Waals surface area contributed by atoms with Crippen LogP contribution in [0, 0.1) is 11.3 Å². The predicted molar refractivity (Wildman–Crippen MR) is 126 cm³/mol. The molecule has 202 valence electrons. The first-order valence-corrected chi connectivity index (χ1v) is 11.3. The molecule has 6 nitrogen and oxygen atoms in total. The number of alkyl halides is 7. The van der Waals surface area contributed by atoms with Gasteiger partial charge >= 0.3 is 18.0 Å². The zero-order valence-electron chi connectivity index (χ0n) is 18.5. The molecule has 0 unspecified atom stereocenters. The van der Waals surface area contributed by atoms with Gasteiger partial charge in [-0.05, 0) is 31.0 Å². The zero-order valence-corrected chi connectivity index (χ0v) is 20.8. The Bertz CT molecular complexity index is 1340.